The molecule has 31 heavy (non-hydrogen) atoms. The molecule has 2 aromatic rings. The maximum absolute atomic E-state index is 12.8. The number of carbonyl (C=O) groups excluding carboxylic acids is 3. The molecule has 0 aromatic heterocycles. The molecule has 0 aliphatic carbocycles. The number of piperidine rings is 1. The largest absolute Gasteiger partial charge is 0.452 e. The minimum Gasteiger partial charge on any atom is -0.452 e. The summed E-state index contributed by atoms with van der Waals surface area (Å²) in [6, 6.07) is 18.4. The van der Waals surface area contributed by atoms with E-state index in [1.165, 1.54) is 0 Å². The number of likely N-dealkylation sites (tertiary alicyclic amines) is 1. The third-order valence-corrected chi connectivity index (χ3v) is 5.43. The molecular formula is C24H29N3O4. The number of benzene rings is 2. The van der Waals surface area contributed by atoms with E-state index in [2.05, 4.69) is 5.32 Å². The molecule has 0 saturated carbocycles. The zero-order valence-corrected chi connectivity index (χ0v) is 18.0. The van der Waals surface area contributed by atoms with E-state index < -0.39 is 6.10 Å². The lowest BCUT2D eigenvalue weighted by Crippen LogP contribution is -2.44. The summed E-state index contributed by atoms with van der Waals surface area (Å²) in [5.41, 5.74) is 1.51. The molecule has 0 spiro atoms. The van der Waals surface area contributed by atoms with Gasteiger partial charge in [-0.2, -0.15) is 0 Å². The van der Waals surface area contributed by atoms with E-state index in [0.717, 1.165) is 11.4 Å². The molecule has 7 nitrogen and oxygen atoms in total. The normalized spacial score (nSPS) is 15.1. The second kappa shape index (κ2) is 10.6. The summed E-state index contributed by atoms with van der Waals surface area (Å²) < 4.78 is 5.50. The molecule has 1 N–H and O–H groups in total. The first-order valence-corrected chi connectivity index (χ1v) is 10.7. The first kappa shape index (κ1) is 22.3. The third-order valence-electron chi connectivity index (χ3n) is 5.43. The van der Waals surface area contributed by atoms with Crippen molar-refractivity contribution >= 4 is 29.3 Å². The Hall–Kier alpha value is -3.35. The van der Waals surface area contributed by atoms with Crippen LogP contribution in [0.25, 0.3) is 0 Å². The second-order valence-corrected chi connectivity index (χ2v) is 7.55. The van der Waals surface area contributed by atoms with Crippen molar-refractivity contribution < 1.29 is 19.1 Å². The van der Waals surface area contributed by atoms with Crippen molar-refractivity contribution in [3.05, 3.63) is 60.7 Å². The van der Waals surface area contributed by atoms with Crippen LogP contribution in [0.4, 0.5) is 16.2 Å². The van der Waals surface area contributed by atoms with E-state index in [0.29, 0.717) is 32.5 Å². The minimum atomic E-state index is -0.868. The van der Waals surface area contributed by atoms with Crippen LogP contribution in [0.5, 0.6) is 0 Å². The molecule has 1 atom stereocenters. The monoisotopic (exact) mass is 423 g/mol. The van der Waals surface area contributed by atoms with E-state index in [1.807, 2.05) is 67.6 Å². The number of carbonyl (C=O) groups is 3. The summed E-state index contributed by atoms with van der Waals surface area (Å²) in [4.78, 5) is 41.1. The van der Waals surface area contributed by atoms with Crippen molar-refractivity contribution in [2.45, 2.75) is 32.8 Å². The van der Waals surface area contributed by atoms with Gasteiger partial charge < -0.3 is 19.9 Å². The molecule has 0 radical (unpaired) electrons. The van der Waals surface area contributed by atoms with Crippen molar-refractivity contribution in [3.8, 4) is 0 Å². The van der Waals surface area contributed by atoms with Crippen LogP contribution < -0.4 is 10.2 Å². The Bertz CT molecular complexity index is 880. The lowest BCUT2D eigenvalue weighted by molar-refractivity contribution is -0.159. The smallest absolute Gasteiger partial charge is 0.321 e. The first-order chi connectivity index (χ1) is 15.0. The molecule has 3 rings (SSSR count). The Kier molecular flexibility index (Phi) is 7.65. The fourth-order valence-electron chi connectivity index (χ4n) is 3.66. The van der Waals surface area contributed by atoms with Gasteiger partial charge in [0.25, 0.3) is 5.91 Å². The molecule has 1 saturated heterocycles. The fraction of sp³-hybridized carbons (Fsp3) is 0.375. The quantitative estimate of drug-likeness (QED) is 0.715. The number of hydrogen-bond donors (Lipinski definition) is 1. The average Bonchev–Trinajstić information content (AvgIpc) is 2.81. The zero-order chi connectivity index (χ0) is 22.2. The Morgan fingerprint density at radius 3 is 2.19 bits per heavy atom. The van der Waals surface area contributed by atoms with E-state index >= 15 is 0 Å². The summed E-state index contributed by atoms with van der Waals surface area (Å²) >= 11 is 0. The van der Waals surface area contributed by atoms with Gasteiger partial charge in [0, 0.05) is 31.0 Å². The average molecular weight is 424 g/mol. The summed E-state index contributed by atoms with van der Waals surface area (Å²) in [7, 11) is 0. The SMILES string of the molecule is CCN(C(=O)[C@H](C)OC(=O)C1CCN(C(=O)Nc2ccccc2)CC1)c1ccccc1. The minimum absolute atomic E-state index is 0.178. The molecule has 0 bridgehead atoms. The molecule has 3 amide bonds. The van der Waals surface area contributed by atoms with Gasteiger partial charge in [0.15, 0.2) is 6.10 Å². The molecule has 0 unspecified atom stereocenters. The maximum Gasteiger partial charge on any atom is 0.321 e. The highest BCUT2D eigenvalue weighted by atomic mass is 16.5. The Balaban J connectivity index is 1.49. The van der Waals surface area contributed by atoms with Crippen LogP contribution in [0.1, 0.15) is 26.7 Å². The maximum atomic E-state index is 12.8. The highest BCUT2D eigenvalue weighted by molar-refractivity contribution is 5.97. The predicted octanol–water partition coefficient (Wildman–Crippen LogP) is 3.92. The van der Waals surface area contributed by atoms with Crippen LogP contribution in [-0.2, 0) is 14.3 Å². The van der Waals surface area contributed by atoms with E-state index in [-0.39, 0.29) is 23.8 Å². The zero-order valence-electron chi connectivity index (χ0n) is 18.0. The molecule has 1 aliphatic heterocycles. The van der Waals surface area contributed by atoms with Crippen LogP contribution in [0.2, 0.25) is 0 Å². The summed E-state index contributed by atoms with van der Waals surface area (Å²) in [6.07, 6.45) is 0.156. The van der Waals surface area contributed by atoms with E-state index in [9.17, 15) is 14.4 Å². The highest BCUT2D eigenvalue weighted by Crippen LogP contribution is 2.21. The van der Waals surface area contributed by atoms with Gasteiger partial charge in [-0.3, -0.25) is 9.59 Å². The molecule has 1 heterocycles. The lowest BCUT2D eigenvalue weighted by atomic mass is 9.97. The number of esters is 1. The van der Waals surface area contributed by atoms with Gasteiger partial charge in [0.2, 0.25) is 0 Å². The fourth-order valence-corrected chi connectivity index (χ4v) is 3.66. The summed E-state index contributed by atoms with van der Waals surface area (Å²) in [5.74, 6) is -0.947. The Morgan fingerprint density at radius 1 is 1.03 bits per heavy atom. The first-order valence-electron chi connectivity index (χ1n) is 10.7. The van der Waals surface area contributed by atoms with Crippen molar-refractivity contribution in [1.29, 1.82) is 0 Å². The van der Waals surface area contributed by atoms with Crippen LogP contribution in [0.15, 0.2) is 60.7 Å². The molecule has 7 heteroatoms. The summed E-state index contributed by atoms with van der Waals surface area (Å²) in [5, 5.41) is 2.86. The topological polar surface area (TPSA) is 79.0 Å². The van der Waals surface area contributed by atoms with E-state index in [4.69, 9.17) is 4.74 Å². The van der Waals surface area contributed by atoms with E-state index in [1.54, 1.807) is 16.7 Å². The Morgan fingerprint density at radius 2 is 1.61 bits per heavy atom. The van der Waals surface area contributed by atoms with Crippen molar-refractivity contribution in [1.82, 2.24) is 4.90 Å². The van der Waals surface area contributed by atoms with Crippen LogP contribution in [0, 0.1) is 5.92 Å². The molecule has 1 fully saturated rings. The van der Waals surface area contributed by atoms with Crippen molar-refractivity contribution in [2.75, 3.05) is 29.9 Å². The van der Waals surface area contributed by atoms with Crippen LogP contribution in [-0.4, -0.2) is 48.5 Å². The van der Waals surface area contributed by atoms with Gasteiger partial charge in [-0.25, -0.2) is 4.79 Å². The van der Waals surface area contributed by atoms with Gasteiger partial charge in [0.05, 0.1) is 5.92 Å². The highest BCUT2D eigenvalue weighted by Gasteiger charge is 2.31. The number of anilines is 2. The second-order valence-electron chi connectivity index (χ2n) is 7.55. The number of hydrogen-bond acceptors (Lipinski definition) is 4. The van der Waals surface area contributed by atoms with Gasteiger partial charge in [-0.1, -0.05) is 36.4 Å². The lowest BCUT2D eigenvalue weighted by Gasteiger charge is -2.32. The number of rotatable bonds is 6. The van der Waals surface area contributed by atoms with Crippen molar-refractivity contribution in [2.24, 2.45) is 5.92 Å². The number of nitrogens with zero attached hydrogens (tertiary/aromatic N) is 2. The number of likely N-dealkylation sites (N-methyl/N-ethyl adjacent to an activating group) is 1. The number of amides is 3. The molecule has 1 aliphatic rings. The van der Waals surface area contributed by atoms with Gasteiger partial charge in [-0.15, -0.1) is 0 Å². The number of urea groups is 1. The number of ether oxygens (including phenoxy) is 1. The predicted molar refractivity (Wildman–Crippen MR) is 120 cm³/mol. The molecular weight excluding hydrogens is 394 g/mol. The molecule has 164 valence electrons. The van der Waals surface area contributed by atoms with Crippen LogP contribution in [0.3, 0.4) is 0 Å². The Labute approximate surface area is 183 Å². The third kappa shape index (κ3) is 5.84. The van der Waals surface area contributed by atoms with Gasteiger partial charge >= 0.3 is 12.0 Å². The standard InChI is InChI=1S/C24H29N3O4/c1-3-27(21-12-8-5-9-13-21)22(28)18(2)31-23(29)19-14-16-26(17-15-19)24(30)25-20-10-6-4-7-11-20/h4-13,18-19H,3,14-17H2,1-2H3,(H,25,30)/t18-/m0/s1. The van der Waals surface area contributed by atoms with Gasteiger partial charge in [0.1, 0.15) is 0 Å². The van der Waals surface area contributed by atoms with Crippen molar-refractivity contribution in [3.63, 3.8) is 0 Å². The number of nitrogens with one attached hydrogen (secondary N) is 1. The number of para-hydroxylation sites is 2. The van der Waals surface area contributed by atoms with Crippen LogP contribution >= 0.6 is 0 Å². The van der Waals surface area contributed by atoms with Gasteiger partial charge in [-0.05, 0) is 51.0 Å². The summed E-state index contributed by atoms with van der Waals surface area (Å²) in [6.45, 7) is 4.90. The molecule has 2 aromatic carbocycles.